The van der Waals surface area contributed by atoms with E-state index in [0.29, 0.717) is 23.9 Å². The largest absolute Gasteiger partial charge is 0.363 e. The molecule has 2 heterocycles. The molecular weight excluding hydrogens is 379 g/mol. The quantitative estimate of drug-likeness (QED) is 0.810. The van der Waals surface area contributed by atoms with E-state index in [1.54, 1.807) is 12.1 Å². The van der Waals surface area contributed by atoms with Gasteiger partial charge in [0.1, 0.15) is 22.6 Å². The van der Waals surface area contributed by atoms with Gasteiger partial charge in [-0.05, 0) is 38.5 Å². The summed E-state index contributed by atoms with van der Waals surface area (Å²) in [7, 11) is 0. The maximum absolute atomic E-state index is 13.2. The molecule has 0 saturated heterocycles. The molecule has 2 N–H and O–H groups in total. The lowest BCUT2D eigenvalue weighted by molar-refractivity contribution is 0.473. The molecule has 0 spiro atoms. The van der Waals surface area contributed by atoms with Crippen molar-refractivity contribution in [2.45, 2.75) is 32.2 Å². The summed E-state index contributed by atoms with van der Waals surface area (Å²) < 4.78 is 13.2. The topological polar surface area (TPSA) is 74.6 Å². The molecule has 0 amide bonds. The molecule has 6 nitrogen and oxygen atoms in total. The Morgan fingerprint density at radius 3 is 2.71 bits per heavy atom. The predicted molar refractivity (Wildman–Crippen MR) is 111 cm³/mol. The van der Waals surface area contributed by atoms with Gasteiger partial charge in [0.05, 0.1) is 23.9 Å². The van der Waals surface area contributed by atoms with Crippen molar-refractivity contribution in [3.63, 3.8) is 0 Å². The first-order valence-electron chi connectivity index (χ1n) is 8.85. The van der Waals surface area contributed by atoms with E-state index in [2.05, 4.69) is 32.4 Å². The van der Waals surface area contributed by atoms with E-state index >= 15 is 0 Å². The zero-order valence-electron chi connectivity index (χ0n) is 16.0. The Morgan fingerprint density at radius 2 is 2.00 bits per heavy atom. The molecule has 2 atom stereocenters. The first-order chi connectivity index (χ1) is 13.3. The molecule has 2 aromatic rings. The minimum Gasteiger partial charge on any atom is -0.363 e. The van der Waals surface area contributed by atoms with Gasteiger partial charge in [0.15, 0.2) is 0 Å². The van der Waals surface area contributed by atoms with Crippen LogP contribution in [0.3, 0.4) is 0 Å². The Hall–Kier alpha value is -2.80. The molecule has 1 aliphatic heterocycles. The highest BCUT2D eigenvalue weighted by Crippen LogP contribution is 2.31. The maximum atomic E-state index is 13.2. The first-order valence-corrected chi connectivity index (χ1v) is 9.23. The van der Waals surface area contributed by atoms with Gasteiger partial charge >= 0.3 is 0 Å². The second-order valence-electron chi connectivity index (χ2n) is 6.94. The number of hydrogen-bond acceptors (Lipinski definition) is 6. The highest BCUT2D eigenvalue weighted by atomic mass is 35.5. The van der Waals surface area contributed by atoms with Gasteiger partial charge in [0.2, 0.25) is 0 Å². The van der Waals surface area contributed by atoms with Crippen LogP contribution in [0, 0.1) is 12.7 Å². The highest BCUT2D eigenvalue weighted by Gasteiger charge is 2.35. The SMILES string of the molecule is C=C1/N=C(Cl)\C=N/NC[C@]1(C)c1nc(C)cc(N[C@@H](C)c2ccc(F)cc2)n1. The molecule has 1 aliphatic rings. The van der Waals surface area contributed by atoms with Crippen molar-refractivity contribution in [3.05, 3.63) is 65.5 Å². The smallest absolute Gasteiger partial charge is 0.149 e. The van der Waals surface area contributed by atoms with Crippen LogP contribution in [0.1, 0.15) is 37.0 Å². The van der Waals surface area contributed by atoms with Crippen molar-refractivity contribution in [1.29, 1.82) is 0 Å². The summed E-state index contributed by atoms with van der Waals surface area (Å²) in [5.74, 6) is 0.958. The van der Waals surface area contributed by atoms with Crippen molar-refractivity contribution in [1.82, 2.24) is 15.4 Å². The van der Waals surface area contributed by atoms with E-state index < -0.39 is 5.41 Å². The van der Waals surface area contributed by atoms with Gasteiger partial charge in [-0.15, -0.1) is 0 Å². The monoisotopic (exact) mass is 400 g/mol. The summed E-state index contributed by atoms with van der Waals surface area (Å²) in [5.41, 5.74) is 4.55. The van der Waals surface area contributed by atoms with Crippen LogP contribution < -0.4 is 10.7 Å². The van der Waals surface area contributed by atoms with Crippen molar-refractivity contribution < 1.29 is 4.39 Å². The van der Waals surface area contributed by atoms with Gasteiger partial charge < -0.3 is 10.7 Å². The van der Waals surface area contributed by atoms with Gasteiger partial charge in [-0.1, -0.05) is 30.3 Å². The fourth-order valence-corrected chi connectivity index (χ4v) is 2.99. The molecule has 0 saturated carbocycles. The number of anilines is 1. The lowest BCUT2D eigenvalue weighted by atomic mass is 9.86. The van der Waals surface area contributed by atoms with E-state index in [-0.39, 0.29) is 17.0 Å². The lowest BCUT2D eigenvalue weighted by Crippen LogP contribution is -2.38. The number of aromatic nitrogens is 2. The predicted octanol–water partition coefficient (Wildman–Crippen LogP) is 4.09. The summed E-state index contributed by atoms with van der Waals surface area (Å²) in [4.78, 5) is 13.6. The number of aliphatic imine (C=N–C) groups is 1. The second-order valence-corrected chi connectivity index (χ2v) is 7.33. The van der Waals surface area contributed by atoms with Crippen LogP contribution in [0.4, 0.5) is 10.2 Å². The Kier molecular flexibility index (Phi) is 5.74. The van der Waals surface area contributed by atoms with Crippen LogP contribution in [0.15, 0.2) is 52.7 Å². The van der Waals surface area contributed by atoms with E-state index in [4.69, 9.17) is 16.6 Å². The number of benzene rings is 1. The van der Waals surface area contributed by atoms with E-state index in [1.807, 2.05) is 26.8 Å². The standard InChI is InChI=1S/C20H22ClFN6/c1-12-9-18(26-13(2)15-5-7-16(22)8-6-15)28-19(25-12)20(4)11-24-23-10-17(21)27-14(20)3/h5-10,13,24H,3,11H2,1-2,4H3,(H,25,26,28)/b23-10-,27-17+/t13-,20-/m0/s1. The number of aryl methyl sites for hydroxylation is 1. The molecule has 1 aromatic carbocycles. The molecule has 28 heavy (non-hydrogen) atoms. The average Bonchev–Trinajstić information content (AvgIpc) is 2.64. The Bertz CT molecular complexity index is 940. The lowest BCUT2D eigenvalue weighted by Gasteiger charge is -2.29. The zero-order chi connectivity index (χ0) is 20.3. The first kappa shape index (κ1) is 19.9. The minimum absolute atomic E-state index is 0.0636. The van der Waals surface area contributed by atoms with Gasteiger partial charge in [0, 0.05) is 17.8 Å². The highest BCUT2D eigenvalue weighted by molar-refractivity contribution is 6.80. The number of nitrogens with one attached hydrogen (secondary N) is 2. The molecule has 0 aliphatic carbocycles. The van der Waals surface area contributed by atoms with Crippen molar-refractivity contribution >= 4 is 28.8 Å². The molecule has 8 heteroatoms. The van der Waals surface area contributed by atoms with E-state index in [0.717, 1.165) is 11.3 Å². The Morgan fingerprint density at radius 1 is 1.29 bits per heavy atom. The Balaban J connectivity index is 1.91. The van der Waals surface area contributed by atoms with Crippen LogP contribution in [0.5, 0.6) is 0 Å². The third kappa shape index (κ3) is 4.36. The maximum Gasteiger partial charge on any atom is 0.149 e. The van der Waals surface area contributed by atoms with Gasteiger partial charge in [-0.25, -0.2) is 19.4 Å². The fourth-order valence-electron chi connectivity index (χ4n) is 2.84. The minimum atomic E-state index is -0.695. The van der Waals surface area contributed by atoms with Gasteiger partial charge in [-0.3, -0.25) is 0 Å². The molecule has 3 rings (SSSR count). The molecule has 1 aromatic heterocycles. The third-order valence-corrected chi connectivity index (χ3v) is 4.84. The van der Waals surface area contributed by atoms with Crippen molar-refractivity contribution in [3.8, 4) is 0 Å². The molecule has 0 fully saturated rings. The number of hydrogen-bond donors (Lipinski definition) is 2. The summed E-state index contributed by atoms with van der Waals surface area (Å²) in [6, 6.07) is 8.18. The molecule has 0 radical (unpaired) electrons. The molecule has 0 bridgehead atoms. The average molecular weight is 401 g/mol. The zero-order valence-corrected chi connectivity index (χ0v) is 16.8. The number of nitrogens with zero attached hydrogens (tertiary/aromatic N) is 4. The summed E-state index contributed by atoms with van der Waals surface area (Å²) >= 11 is 6.03. The summed E-state index contributed by atoms with van der Waals surface area (Å²) in [5, 5.41) is 7.61. The number of rotatable bonds is 4. The van der Waals surface area contributed by atoms with E-state index in [9.17, 15) is 4.39 Å². The van der Waals surface area contributed by atoms with Crippen molar-refractivity contribution in [2.75, 3.05) is 11.9 Å². The van der Waals surface area contributed by atoms with Crippen LogP contribution >= 0.6 is 11.6 Å². The summed E-state index contributed by atoms with van der Waals surface area (Å²) in [6.45, 7) is 10.3. The normalized spacial score (nSPS) is 23.6. The third-order valence-electron chi connectivity index (χ3n) is 4.66. The van der Waals surface area contributed by atoms with Crippen LogP contribution in [0.25, 0.3) is 0 Å². The number of halogens is 2. The van der Waals surface area contributed by atoms with Crippen LogP contribution in [-0.4, -0.2) is 27.9 Å². The Labute approximate surface area is 168 Å². The molecular formula is C20H22ClFN6. The fraction of sp³-hybridized carbons (Fsp3) is 0.300. The molecule has 0 unspecified atom stereocenters. The van der Waals surface area contributed by atoms with Crippen LogP contribution in [0.2, 0.25) is 0 Å². The van der Waals surface area contributed by atoms with Gasteiger partial charge in [-0.2, -0.15) is 5.10 Å². The van der Waals surface area contributed by atoms with E-state index in [1.165, 1.54) is 18.3 Å². The van der Waals surface area contributed by atoms with Gasteiger partial charge in [0.25, 0.3) is 0 Å². The van der Waals surface area contributed by atoms with Crippen LogP contribution in [-0.2, 0) is 5.41 Å². The van der Waals surface area contributed by atoms with Crippen molar-refractivity contribution in [2.24, 2.45) is 10.1 Å². The molecule has 146 valence electrons. The number of hydrazone groups is 1. The summed E-state index contributed by atoms with van der Waals surface area (Å²) in [6.07, 6.45) is 1.43. The second kappa shape index (κ2) is 8.06.